The van der Waals surface area contributed by atoms with Crippen molar-refractivity contribution in [2.24, 2.45) is 0 Å². The van der Waals surface area contributed by atoms with Crippen LogP contribution in [0, 0.1) is 0 Å². The van der Waals surface area contributed by atoms with Crippen molar-refractivity contribution in [3.05, 3.63) is 41.9 Å². The van der Waals surface area contributed by atoms with Crippen LogP contribution >= 0.6 is 23.1 Å². The minimum Gasteiger partial charge on any atom is -0.379 e. The number of thioether (sulfide) groups is 1. The molecule has 1 aromatic carbocycles. The van der Waals surface area contributed by atoms with Crippen molar-refractivity contribution in [3.63, 3.8) is 0 Å². The van der Waals surface area contributed by atoms with Gasteiger partial charge in [0.15, 0.2) is 0 Å². The minimum atomic E-state index is -1.44. The number of nitrogens with zero attached hydrogens (tertiary/aromatic N) is 1. The number of thiazole rings is 1. The highest BCUT2D eigenvalue weighted by molar-refractivity contribution is 8.01. The molecule has 1 heterocycles. The quantitative estimate of drug-likeness (QED) is 0.832. The fourth-order valence-electron chi connectivity index (χ4n) is 1.34. The maximum absolute atomic E-state index is 12.0. The van der Waals surface area contributed by atoms with Gasteiger partial charge in [0.2, 0.25) is 0 Å². The number of aromatic nitrogens is 1. The van der Waals surface area contributed by atoms with Gasteiger partial charge in [-0.1, -0.05) is 30.0 Å². The van der Waals surface area contributed by atoms with Crippen LogP contribution in [0.2, 0.25) is 0 Å². The number of para-hydroxylation sites is 1. The van der Waals surface area contributed by atoms with E-state index in [2.05, 4.69) is 10.3 Å². The molecule has 2 aromatic rings. The average molecular weight is 294 g/mol. The number of amides is 1. The van der Waals surface area contributed by atoms with Crippen LogP contribution in [0.3, 0.4) is 0 Å². The molecule has 4 nitrogen and oxygen atoms in total. The molecule has 0 radical (unpaired) electrons. The van der Waals surface area contributed by atoms with Crippen molar-refractivity contribution < 1.29 is 9.90 Å². The second-order valence-electron chi connectivity index (χ2n) is 4.18. The van der Waals surface area contributed by atoms with Gasteiger partial charge in [-0.3, -0.25) is 4.79 Å². The van der Waals surface area contributed by atoms with Crippen LogP contribution in [0.4, 0.5) is 5.69 Å². The Morgan fingerprint density at radius 2 is 2.21 bits per heavy atom. The monoisotopic (exact) mass is 294 g/mol. The van der Waals surface area contributed by atoms with Crippen LogP contribution in [0.25, 0.3) is 0 Å². The summed E-state index contributed by atoms with van der Waals surface area (Å²) < 4.78 is 0.841. The van der Waals surface area contributed by atoms with E-state index in [1.54, 1.807) is 18.3 Å². The van der Waals surface area contributed by atoms with Crippen molar-refractivity contribution in [1.82, 2.24) is 4.98 Å². The van der Waals surface area contributed by atoms with Crippen LogP contribution in [0.1, 0.15) is 6.92 Å². The summed E-state index contributed by atoms with van der Waals surface area (Å²) in [5.74, 6) is -0.151. The fourth-order valence-corrected chi connectivity index (χ4v) is 2.98. The van der Waals surface area contributed by atoms with E-state index in [1.807, 2.05) is 23.6 Å². The second-order valence-corrected chi connectivity index (χ2v) is 6.30. The van der Waals surface area contributed by atoms with Crippen molar-refractivity contribution in [2.75, 3.05) is 11.1 Å². The lowest BCUT2D eigenvalue weighted by atomic mass is 10.1. The highest BCUT2D eigenvalue weighted by Gasteiger charge is 2.30. The minimum absolute atomic E-state index is 0.263. The third-order valence-corrected chi connectivity index (χ3v) is 4.67. The first-order valence-corrected chi connectivity index (χ1v) is 7.55. The highest BCUT2D eigenvalue weighted by atomic mass is 32.2. The predicted molar refractivity (Wildman–Crippen MR) is 78.5 cm³/mol. The van der Waals surface area contributed by atoms with Crippen molar-refractivity contribution in [2.45, 2.75) is 16.9 Å². The van der Waals surface area contributed by atoms with E-state index >= 15 is 0 Å². The van der Waals surface area contributed by atoms with E-state index in [4.69, 9.17) is 0 Å². The standard InChI is InChI=1S/C13H14N2O2S2/c1-13(17,9-19-12-14-7-8-18-12)11(16)15-10-5-3-2-4-6-10/h2-8,17H,9H2,1H3,(H,15,16). The topological polar surface area (TPSA) is 62.2 Å². The molecule has 1 unspecified atom stereocenters. The van der Waals surface area contributed by atoms with Gasteiger partial charge in [-0.15, -0.1) is 11.3 Å². The number of benzene rings is 1. The Balaban J connectivity index is 1.93. The summed E-state index contributed by atoms with van der Waals surface area (Å²) in [7, 11) is 0. The molecule has 0 spiro atoms. The van der Waals surface area contributed by atoms with Gasteiger partial charge in [-0.25, -0.2) is 4.98 Å². The number of hydrogen-bond donors (Lipinski definition) is 2. The highest BCUT2D eigenvalue weighted by Crippen LogP contribution is 2.25. The van der Waals surface area contributed by atoms with Gasteiger partial charge in [0, 0.05) is 23.0 Å². The molecule has 100 valence electrons. The molecule has 2 rings (SSSR count). The Hall–Kier alpha value is -1.37. The van der Waals surface area contributed by atoms with Gasteiger partial charge < -0.3 is 10.4 Å². The lowest BCUT2D eigenvalue weighted by Gasteiger charge is -2.21. The summed E-state index contributed by atoms with van der Waals surface area (Å²) in [6.45, 7) is 1.51. The van der Waals surface area contributed by atoms with Crippen LogP contribution < -0.4 is 5.32 Å². The third kappa shape index (κ3) is 4.05. The molecule has 0 aliphatic heterocycles. The SMILES string of the molecule is CC(O)(CSc1nccs1)C(=O)Nc1ccccc1. The van der Waals surface area contributed by atoms with Crippen LogP contribution in [0.5, 0.6) is 0 Å². The van der Waals surface area contributed by atoms with Gasteiger partial charge in [0.25, 0.3) is 5.91 Å². The zero-order chi connectivity index (χ0) is 13.7. The molecule has 1 amide bonds. The van der Waals surface area contributed by atoms with E-state index in [9.17, 15) is 9.90 Å². The van der Waals surface area contributed by atoms with Gasteiger partial charge in [-0.2, -0.15) is 0 Å². The van der Waals surface area contributed by atoms with Crippen molar-refractivity contribution in [1.29, 1.82) is 0 Å². The molecular weight excluding hydrogens is 280 g/mol. The average Bonchev–Trinajstić information content (AvgIpc) is 2.91. The first-order chi connectivity index (χ1) is 9.08. The molecular formula is C13H14N2O2S2. The number of aliphatic hydroxyl groups is 1. The summed E-state index contributed by atoms with van der Waals surface area (Å²) >= 11 is 2.86. The number of nitrogens with one attached hydrogen (secondary N) is 1. The second kappa shape index (κ2) is 6.18. The van der Waals surface area contributed by atoms with Gasteiger partial charge in [0.05, 0.1) is 0 Å². The van der Waals surface area contributed by atoms with E-state index < -0.39 is 11.5 Å². The molecule has 1 atom stereocenters. The largest absolute Gasteiger partial charge is 0.379 e. The summed E-state index contributed by atoms with van der Waals surface area (Å²) in [5, 5.41) is 14.7. The maximum Gasteiger partial charge on any atom is 0.256 e. The summed E-state index contributed by atoms with van der Waals surface area (Å²) in [6.07, 6.45) is 1.70. The molecule has 0 aliphatic carbocycles. The molecule has 6 heteroatoms. The number of carbonyl (C=O) groups is 1. The van der Waals surface area contributed by atoms with Crippen molar-refractivity contribution >= 4 is 34.7 Å². The lowest BCUT2D eigenvalue weighted by Crippen LogP contribution is -2.42. The zero-order valence-electron chi connectivity index (χ0n) is 10.4. The Labute approximate surface area is 119 Å². The number of hydrogen-bond acceptors (Lipinski definition) is 5. The molecule has 0 saturated heterocycles. The summed E-state index contributed by atoms with van der Waals surface area (Å²) in [6, 6.07) is 9.08. The fraction of sp³-hybridized carbons (Fsp3) is 0.231. The molecule has 2 N–H and O–H groups in total. The van der Waals surface area contributed by atoms with Gasteiger partial charge in [-0.05, 0) is 19.1 Å². The maximum atomic E-state index is 12.0. The van der Waals surface area contributed by atoms with Crippen molar-refractivity contribution in [3.8, 4) is 0 Å². The van der Waals surface area contributed by atoms with Crippen LogP contribution in [-0.4, -0.2) is 27.4 Å². The van der Waals surface area contributed by atoms with Crippen LogP contribution in [-0.2, 0) is 4.79 Å². The van der Waals surface area contributed by atoms with E-state index in [-0.39, 0.29) is 5.75 Å². The molecule has 1 aromatic heterocycles. The third-order valence-electron chi connectivity index (χ3n) is 2.41. The number of carbonyl (C=O) groups excluding carboxylic acids is 1. The summed E-state index contributed by atoms with van der Waals surface area (Å²) in [5.41, 5.74) is -0.765. The smallest absolute Gasteiger partial charge is 0.256 e. The van der Waals surface area contributed by atoms with E-state index in [1.165, 1.54) is 30.0 Å². The Bertz CT molecular complexity index is 527. The first-order valence-electron chi connectivity index (χ1n) is 5.69. The molecule has 0 fully saturated rings. The Morgan fingerprint density at radius 1 is 1.47 bits per heavy atom. The normalized spacial score (nSPS) is 13.8. The zero-order valence-corrected chi connectivity index (χ0v) is 12.0. The Morgan fingerprint density at radius 3 is 2.84 bits per heavy atom. The lowest BCUT2D eigenvalue weighted by molar-refractivity contribution is -0.130. The first kappa shape index (κ1) is 14.0. The molecule has 19 heavy (non-hydrogen) atoms. The van der Waals surface area contributed by atoms with E-state index in [0.717, 1.165) is 4.34 Å². The van der Waals surface area contributed by atoms with Gasteiger partial charge >= 0.3 is 0 Å². The summed E-state index contributed by atoms with van der Waals surface area (Å²) in [4.78, 5) is 16.1. The molecule has 0 bridgehead atoms. The van der Waals surface area contributed by atoms with E-state index in [0.29, 0.717) is 5.69 Å². The van der Waals surface area contributed by atoms with Crippen LogP contribution in [0.15, 0.2) is 46.2 Å². The number of rotatable bonds is 5. The number of anilines is 1. The Kier molecular flexibility index (Phi) is 4.57. The predicted octanol–water partition coefficient (Wildman–Crippen LogP) is 2.62. The molecule has 0 aliphatic rings. The molecule has 0 saturated carbocycles. The van der Waals surface area contributed by atoms with Gasteiger partial charge in [0.1, 0.15) is 9.94 Å².